The summed E-state index contributed by atoms with van der Waals surface area (Å²) >= 11 is 0. The highest BCUT2D eigenvalue weighted by Crippen LogP contribution is 2.25. The molecular weight excluding hydrogens is 378 g/mol. The van der Waals surface area contributed by atoms with Crippen molar-refractivity contribution < 1.29 is 18.4 Å². The zero-order valence-corrected chi connectivity index (χ0v) is 15.6. The van der Waals surface area contributed by atoms with Crippen LogP contribution in [-0.4, -0.2) is 27.3 Å². The first-order valence-corrected chi connectivity index (χ1v) is 9.09. The molecule has 0 aliphatic heterocycles. The monoisotopic (exact) mass is 396 g/mol. The van der Waals surface area contributed by atoms with E-state index in [1.54, 1.807) is 18.2 Å². The lowest BCUT2D eigenvalue weighted by Crippen LogP contribution is -2.25. The summed E-state index contributed by atoms with van der Waals surface area (Å²) in [6, 6.07) is 8.27. The Morgan fingerprint density at radius 3 is 2.52 bits per heavy atom. The van der Waals surface area contributed by atoms with Gasteiger partial charge in [-0.3, -0.25) is 14.2 Å². The number of nitrogens with zero attached hydrogens (tertiary/aromatic N) is 2. The molecule has 0 spiro atoms. The topological polar surface area (TPSA) is 90.0 Å². The Morgan fingerprint density at radius 2 is 1.83 bits per heavy atom. The van der Waals surface area contributed by atoms with E-state index in [4.69, 9.17) is 5.73 Å². The van der Waals surface area contributed by atoms with E-state index in [9.17, 15) is 18.4 Å². The highest BCUT2D eigenvalue weighted by Gasteiger charge is 2.25. The van der Waals surface area contributed by atoms with Crippen molar-refractivity contribution in [2.45, 2.75) is 25.8 Å². The Balaban J connectivity index is 1.68. The molecule has 0 unspecified atom stereocenters. The standard InChI is InChI=1S/C21H18F2N4O2/c1-11-2-3-13(21(29)26-14-5-6-14)9-17(11)27-10-25-18(20(27)24)19(28)12-4-7-15(22)16(23)8-12/h2-4,7-10,14H,5-6,24H2,1H3,(H,26,29). The number of amides is 1. The van der Waals surface area contributed by atoms with E-state index in [0.717, 1.165) is 30.5 Å². The summed E-state index contributed by atoms with van der Waals surface area (Å²) in [5.41, 5.74) is 7.89. The molecule has 3 N–H and O–H groups in total. The van der Waals surface area contributed by atoms with E-state index in [-0.39, 0.29) is 29.0 Å². The van der Waals surface area contributed by atoms with Crippen molar-refractivity contribution >= 4 is 17.5 Å². The molecule has 6 nitrogen and oxygen atoms in total. The van der Waals surface area contributed by atoms with Crippen LogP contribution in [0.15, 0.2) is 42.7 Å². The molecule has 3 aromatic rings. The minimum atomic E-state index is -1.13. The van der Waals surface area contributed by atoms with Gasteiger partial charge in [-0.1, -0.05) is 6.07 Å². The number of rotatable bonds is 5. The van der Waals surface area contributed by atoms with Crippen molar-refractivity contribution in [3.05, 3.63) is 76.7 Å². The largest absolute Gasteiger partial charge is 0.383 e. The molecule has 2 aromatic carbocycles. The molecule has 0 bridgehead atoms. The van der Waals surface area contributed by atoms with E-state index in [1.165, 1.54) is 17.0 Å². The maximum absolute atomic E-state index is 13.5. The lowest BCUT2D eigenvalue weighted by Gasteiger charge is -2.12. The lowest BCUT2D eigenvalue weighted by molar-refractivity contribution is 0.0950. The lowest BCUT2D eigenvalue weighted by atomic mass is 10.1. The normalized spacial score (nSPS) is 13.3. The van der Waals surface area contributed by atoms with Crippen LogP contribution in [0.1, 0.15) is 44.8 Å². The molecule has 0 atom stereocenters. The number of hydrogen-bond donors (Lipinski definition) is 2. The number of ketones is 1. The first-order valence-electron chi connectivity index (χ1n) is 9.09. The van der Waals surface area contributed by atoms with Crippen LogP contribution in [0.2, 0.25) is 0 Å². The predicted octanol–water partition coefficient (Wildman–Crippen LogP) is 3.16. The average molecular weight is 396 g/mol. The van der Waals surface area contributed by atoms with Crippen LogP contribution >= 0.6 is 0 Å². The number of carbonyl (C=O) groups is 2. The highest BCUT2D eigenvalue weighted by atomic mass is 19.2. The van der Waals surface area contributed by atoms with Crippen LogP contribution in [0.25, 0.3) is 5.69 Å². The molecule has 0 saturated heterocycles. The molecule has 1 amide bonds. The van der Waals surface area contributed by atoms with Gasteiger partial charge in [0.25, 0.3) is 5.91 Å². The van der Waals surface area contributed by atoms with Gasteiger partial charge in [0.1, 0.15) is 12.1 Å². The molecule has 1 aromatic heterocycles. The van der Waals surface area contributed by atoms with Crippen LogP contribution in [0.3, 0.4) is 0 Å². The number of hydrogen-bond acceptors (Lipinski definition) is 4. The van der Waals surface area contributed by atoms with Gasteiger partial charge in [-0.05, 0) is 55.7 Å². The number of benzene rings is 2. The second kappa shape index (κ2) is 7.12. The first-order chi connectivity index (χ1) is 13.8. The molecule has 0 radical (unpaired) electrons. The Morgan fingerprint density at radius 1 is 1.10 bits per heavy atom. The van der Waals surface area contributed by atoms with E-state index in [2.05, 4.69) is 10.3 Å². The van der Waals surface area contributed by atoms with Crippen LogP contribution in [-0.2, 0) is 0 Å². The summed E-state index contributed by atoms with van der Waals surface area (Å²) < 4.78 is 28.1. The molecule has 1 heterocycles. The minimum Gasteiger partial charge on any atom is -0.383 e. The van der Waals surface area contributed by atoms with Crippen LogP contribution in [0, 0.1) is 18.6 Å². The van der Waals surface area contributed by atoms with Gasteiger partial charge in [0.05, 0.1) is 5.69 Å². The number of nitrogens with one attached hydrogen (secondary N) is 1. The second-order valence-corrected chi connectivity index (χ2v) is 7.06. The fraction of sp³-hybridized carbons (Fsp3) is 0.190. The Hall–Kier alpha value is -3.55. The summed E-state index contributed by atoms with van der Waals surface area (Å²) in [5.74, 6) is -2.93. The quantitative estimate of drug-likeness (QED) is 0.649. The number of anilines is 1. The van der Waals surface area contributed by atoms with Crippen molar-refractivity contribution in [3.63, 3.8) is 0 Å². The average Bonchev–Trinajstić information content (AvgIpc) is 3.43. The van der Waals surface area contributed by atoms with E-state index >= 15 is 0 Å². The Labute approximate surface area is 165 Å². The Kier molecular flexibility index (Phi) is 4.62. The molecular formula is C21H18F2N4O2. The van der Waals surface area contributed by atoms with E-state index < -0.39 is 17.4 Å². The maximum atomic E-state index is 13.5. The van der Waals surface area contributed by atoms with Crippen molar-refractivity contribution in [1.82, 2.24) is 14.9 Å². The summed E-state index contributed by atoms with van der Waals surface area (Å²) in [6.07, 6.45) is 3.33. The number of halogens is 2. The molecule has 1 fully saturated rings. The third-order valence-electron chi connectivity index (χ3n) is 4.84. The molecule has 1 aliphatic rings. The summed E-state index contributed by atoms with van der Waals surface area (Å²) in [5, 5.41) is 2.92. The molecule has 8 heteroatoms. The molecule has 148 valence electrons. The van der Waals surface area contributed by atoms with Crippen LogP contribution in [0.5, 0.6) is 0 Å². The summed E-state index contributed by atoms with van der Waals surface area (Å²) in [4.78, 5) is 29.1. The zero-order chi connectivity index (χ0) is 20.7. The third kappa shape index (κ3) is 3.61. The van der Waals surface area contributed by atoms with Gasteiger partial charge in [0, 0.05) is 17.2 Å². The first kappa shape index (κ1) is 18.8. The van der Waals surface area contributed by atoms with Crippen molar-refractivity contribution in [1.29, 1.82) is 0 Å². The number of imidazole rings is 1. The second-order valence-electron chi connectivity index (χ2n) is 7.06. The van der Waals surface area contributed by atoms with Crippen molar-refractivity contribution in [2.24, 2.45) is 0 Å². The van der Waals surface area contributed by atoms with Gasteiger partial charge in [0.15, 0.2) is 17.3 Å². The van der Waals surface area contributed by atoms with Crippen molar-refractivity contribution in [2.75, 3.05) is 5.73 Å². The molecule has 1 saturated carbocycles. The van der Waals surface area contributed by atoms with Gasteiger partial charge in [-0.25, -0.2) is 13.8 Å². The number of nitrogen functional groups attached to an aromatic ring is 1. The van der Waals surface area contributed by atoms with Gasteiger partial charge in [-0.2, -0.15) is 0 Å². The minimum absolute atomic E-state index is 0.0441. The smallest absolute Gasteiger partial charge is 0.251 e. The van der Waals surface area contributed by atoms with Gasteiger partial charge in [0.2, 0.25) is 5.78 Å². The number of carbonyl (C=O) groups excluding carboxylic acids is 2. The van der Waals surface area contributed by atoms with Crippen LogP contribution < -0.4 is 11.1 Å². The number of nitrogens with two attached hydrogens (primary N) is 1. The Bertz CT molecular complexity index is 1140. The molecule has 29 heavy (non-hydrogen) atoms. The third-order valence-corrected chi connectivity index (χ3v) is 4.84. The maximum Gasteiger partial charge on any atom is 0.251 e. The van der Waals surface area contributed by atoms with Crippen LogP contribution in [0.4, 0.5) is 14.6 Å². The summed E-state index contributed by atoms with van der Waals surface area (Å²) in [7, 11) is 0. The molecule has 4 rings (SSSR count). The van der Waals surface area contributed by atoms with Crippen molar-refractivity contribution in [3.8, 4) is 5.69 Å². The van der Waals surface area contributed by atoms with Gasteiger partial charge >= 0.3 is 0 Å². The fourth-order valence-corrected chi connectivity index (χ4v) is 3.01. The fourth-order valence-electron chi connectivity index (χ4n) is 3.01. The van der Waals surface area contributed by atoms with E-state index in [1.807, 2.05) is 6.92 Å². The van der Waals surface area contributed by atoms with E-state index in [0.29, 0.717) is 11.3 Å². The zero-order valence-electron chi connectivity index (χ0n) is 15.6. The summed E-state index contributed by atoms with van der Waals surface area (Å²) in [6.45, 7) is 1.84. The number of aryl methyl sites for hydroxylation is 1. The highest BCUT2D eigenvalue weighted by molar-refractivity contribution is 6.10. The number of aromatic nitrogens is 2. The molecule has 1 aliphatic carbocycles. The van der Waals surface area contributed by atoms with Gasteiger partial charge in [-0.15, -0.1) is 0 Å². The SMILES string of the molecule is Cc1ccc(C(=O)NC2CC2)cc1-n1cnc(C(=O)c2ccc(F)c(F)c2)c1N. The van der Waals surface area contributed by atoms with Gasteiger partial charge < -0.3 is 11.1 Å². The predicted molar refractivity (Wildman–Crippen MR) is 103 cm³/mol.